The van der Waals surface area contributed by atoms with Crippen molar-refractivity contribution < 1.29 is 33.8 Å². The number of nitrogens with zero attached hydrogens (tertiary/aromatic N) is 2. The van der Waals surface area contributed by atoms with Gasteiger partial charge in [-0.05, 0) is 66.2 Å². The number of fused-ring (bicyclic) bond motifs is 3. The number of hydrogen-bond donors (Lipinski definition) is 4. The number of rotatable bonds is 13. The Hall–Kier alpha value is -5.27. The van der Waals surface area contributed by atoms with E-state index in [0.29, 0.717) is 29.2 Å². The van der Waals surface area contributed by atoms with E-state index in [1.54, 1.807) is 23.0 Å². The minimum atomic E-state index is -3.06. The van der Waals surface area contributed by atoms with Crippen molar-refractivity contribution in [3.05, 3.63) is 126 Å². The highest BCUT2D eigenvalue weighted by atomic mass is 28.4. The second kappa shape index (κ2) is 15.5. The molecule has 5 aromatic rings. The van der Waals surface area contributed by atoms with Crippen molar-refractivity contribution in [3.8, 4) is 5.75 Å². The molecule has 4 aromatic carbocycles. The molecule has 0 radical (unpaired) electrons. The number of methoxy groups -OCH3 is 1. The van der Waals surface area contributed by atoms with Gasteiger partial charge in [-0.25, -0.2) is 0 Å². The van der Waals surface area contributed by atoms with Crippen LogP contribution in [0.4, 0.5) is 11.4 Å². The Balaban J connectivity index is 1.16. The number of nitrogens with one attached hydrogen (secondary N) is 2. The van der Waals surface area contributed by atoms with Crippen LogP contribution in [0.15, 0.2) is 103 Å². The molecule has 0 aliphatic carbocycles. The van der Waals surface area contributed by atoms with Crippen LogP contribution in [-0.4, -0.2) is 72.2 Å². The summed E-state index contributed by atoms with van der Waals surface area (Å²) in [5.74, 6) is -0.612. The molecule has 1 fully saturated rings. The number of benzene rings is 4. The minimum absolute atomic E-state index is 0.0620. The van der Waals surface area contributed by atoms with Gasteiger partial charge in [0.05, 0.1) is 44.9 Å². The van der Waals surface area contributed by atoms with E-state index in [4.69, 9.17) is 9.47 Å². The highest BCUT2D eigenvalue weighted by molar-refractivity contribution is 6.71. The number of hydrogen-bond acceptors (Lipinski definition) is 7. The second-order valence-corrected chi connectivity index (χ2v) is 19.1. The quantitative estimate of drug-likeness (QED) is 0.106. The first-order valence-corrected chi connectivity index (χ1v) is 21.7. The number of aromatic nitrogens is 1. The molecule has 1 aromatic heterocycles. The van der Waals surface area contributed by atoms with Gasteiger partial charge >= 0.3 is 0 Å². The molecule has 3 amide bonds. The summed E-state index contributed by atoms with van der Waals surface area (Å²) in [5, 5.41) is 13.9. The molecule has 4 N–H and O–H groups in total. The van der Waals surface area contributed by atoms with Crippen molar-refractivity contribution >= 4 is 48.3 Å². The Bertz CT molecular complexity index is 2200. The Labute approximate surface area is 322 Å². The van der Waals surface area contributed by atoms with E-state index in [1.807, 2.05) is 117 Å². The maximum Gasteiger partial charge on any atom is 0.264 e. The summed E-state index contributed by atoms with van der Waals surface area (Å²) in [6.45, 7) is 6.02. The SMILES string of the molecule is COc1ccc2c(c1)[C@]1(O[C@@H](CC(=O)N(CCO)Cc3ccccc3)[C@H]([Si](C)(C)O)[C@H]1C)C(=O)N2Cc1cccc(NC(=O)Cc2c[nH]c3ccccc23)c1. The average Bonchev–Trinajstić information content (AvgIpc) is 3.78. The molecule has 3 heterocycles. The van der Waals surface area contributed by atoms with Crippen LogP contribution >= 0.6 is 0 Å². The molecule has 4 atom stereocenters. The van der Waals surface area contributed by atoms with E-state index < -0.39 is 31.5 Å². The highest BCUT2D eigenvalue weighted by Gasteiger charge is 2.66. The fourth-order valence-electron chi connectivity index (χ4n) is 8.64. The lowest BCUT2D eigenvalue weighted by molar-refractivity contribution is -0.150. The van der Waals surface area contributed by atoms with E-state index in [1.165, 1.54) is 0 Å². The number of amides is 3. The maximum absolute atomic E-state index is 15.0. The zero-order chi connectivity index (χ0) is 38.9. The van der Waals surface area contributed by atoms with Crippen LogP contribution in [0.25, 0.3) is 10.9 Å². The van der Waals surface area contributed by atoms with Crippen molar-refractivity contribution in [2.75, 3.05) is 30.5 Å². The number of carbonyl (C=O) groups excluding carboxylic acids is 3. The normalized spacial score (nSPS) is 20.6. The lowest BCUT2D eigenvalue weighted by atomic mass is 9.82. The molecule has 2 aliphatic rings. The smallest absolute Gasteiger partial charge is 0.264 e. The van der Waals surface area contributed by atoms with Crippen LogP contribution in [0.1, 0.15) is 35.6 Å². The average molecular weight is 761 g/mol. The van der Waals surface area contributed by atoms with Gasteiger partial charge in [-0.15, -0.1) is 0 Å². The number of anilines is 2. The van der Waals surface area contributed by atoms with Crippen molar-refractivity contribution in [2.24, 2.45) is 5.92 Å². The van der Waals surface area contributed by atoms with Crippen LogP contribution in [0.3, 0.4) is 0 Å². The number of aliphatic hydroxyl groups excluding tert-OH is 1. The summed E-state index contributed by atoms with van der Waals surface area (Å²) in [6.07, 6.45) is 1.23. The molecule has 0 unspecified atom stereocenters. The summed E-state index contributed by atoms with van der Waals surface area (Å²) >= 11 is 0. The third kappa shape index (κ3) is 7.42. The number of carbonyl (C=O) groups is 3. The lowest BCUT2D eigenvalue weighted by Gasteiger charge is -2.32. The van der Waals surface area contributed by atoms with Gasteiger partial charge in [0.2, 0.25) is 11.8 Å². The molecule has 55 heavy (non-hydrogen) atoms. The number of aromatic amines is 1. The molecule has 0 saturated carbocycles. The number of ether oxygens (including phenoxy) is 2. The molecular formula is C43H48N4O7Si. The fraction of sp³-hybridized carbons (Fsp3) is 0.326. The molecule has 1 saturated heterocycles. The van der Waals surface area contributed by atoms with Crippen molar-refractivity contribution in [1.82, 2.24) is 9.88 Å². The fourth-order valence-corrected chi connectivity index (χ4v) is 11.2. The number of para-hydroxylation sites is 1. The summed E-state index contributed by atoms with van der Waals surface area (Å²) in [4.78, 5) is 60.5. The van der Waals surface area contributed by atoms with Gasteiger partial charge in [-0.3, -0.25) is 14.4 Å². The maximum atomic E-state index is 15.0. The largest absolute Gasteiger partial charge is 0.497 e. The van der Waals surface area contributed by atoms with E-state index in [0.717, 1.165) is 27.6 Å². The van der Waals surface area contributed by atoms with E-state index in [2.05, 4.69) is 10.3 Å². The first kappa shape index (κ1) is 38.0. The van der Waals surface area contributed by atoms with Gasteiger partial charge in [-0.2, -0.15) is 0 Å². The van der Waals surface area contributed by atoms with Gasteiger partial charge in [0, 0.05) is 52.9 Å². The molecule has 1 spiro atoms. The first-order valence-electron chi connectivity index (χ1n) is 18.7. The number of H-pyrrole nitrogens is 1. The van der Waals surface area contributed by atoms with Crippen molar-refractivity contribution in [3.63, 3.8) is 0 Å². The van der Waals surface area contributed by atoms with Crippen LogP contribution < -0.4 is 15.0 Å². The topological polar surface area (TPSA) is 144 Å². The van der Waals surface area contributed by atoms with Gasteiger partial charge in [-0.1, -0.05) is 67.6 Å². The summed E-state index contributed by atoms with van der Waals surface area (Å²) < 4.78 is 12.6. The molecular weight excluding hydrogens is 713 g/mol. The highest BCUT2D eigenvalue weighted by Crippen LogP contribution is 2.60. The van der Waals surface area contributed by atoms with E-state index >= 15 is 4.79 Å². The van der Waals surface area contributed by atoms with E-state index in [9.17, 15) is 19.5 Å². The first-order chi connectivity index (χ1) is 26.4. The molecule has 0 bridgehead atoms. The zero-order valence-corrected chi connectivity index (χ0v) is 32.6. The lowest BCUT2D eigenvalue weighted by Crippen LogP contribution is -2.46. The van der Waals surface area contributed by atoms with Gasteiger partial charge < -0.3 is 39.5 Å². The molecule has 2 aliphatic heterocycles. The van der Waals surface area contributed by atoms with Crippen molar-refractivity contribution in [1.29, 1.82) is 0 Å². The summed E-state index contributed by atoms with van der Waals surface area (Å²) in [5.41, 5.74) is 3.53. The van der Waals surface area contributed by atoms with E-state index in [-0.39, 0.29) is 50.3 Å². The van der Waals surface area contributed by atoms with Gasteiger partial charge in [0.1, 0.15) is 5.75 Å². The summed E-state index contributed by atoms with van der Waals surface area (Å²) in [6, 6.07) is 30.4. The number of aliphatic hydroxyl groups is 1. The Kier molecular flexibility index (Phi) is 10.7. The third-order valence-corrected chi connectivity index (χ3v) is 13.6. The standard InChI is InChI=1S/C43H48N4O7Si/c1-28-41(55(3,4)52)38(24-40(50)46(19-20-48)26-29-11-6-5-7-12-29)54-43(28)35-23-33(53-2)17-18-37(35)47(42(43)51)27-30-13-10-14-32(21-30)45-39(49)22-31-25-44-36-16-9-8-15-34(31)36/h5-18,21,23,25,28,38,41,44,48,52H,19-20,22,24,26-27H2,1-4H3,(H,45,49)/t28-,38+,41-,43+/m1/s1. The van der Waals surface area contributed by atoms with Crippen LogP contribution in [0.5, 0.6) is 5.75 Å². The predicted molar refractivity (Wildman–Crippen MR) is 214 cm³/mol. The van der Waals surface area contributed by atoms with Gasteiger partial charge in [0.15, 0.2) is 13.9 Å². The Morgan fingerprint density at radius 2 is 1.75 bits per heavy atom. The Morgan fingerprint density at radius 3 is 2.49 bits per heavy atom. The van der Waals surface area contributed by atoms with Crippen molar-refractivity contribution in [2.45, 2.75) is 63.2 Å². The Morgan fingerprint density at radius 1 is 1.00 bits per heavy atom. The van der Waals surface area contributed by atoms with Crippen LogP contribution in [0.2, 0.25) is 18.6 Å². The van der Waals surface area contributed by atoms with Gasteiger partial charge in [0.25, 0.3) is 5.91 Å². The minimum Gasteiger partial charge on any atom is -0.497 e. The molecule has 11 nitrogen and oxygen atoms in total. The zero-order valence-electron chi connectivity index (χ0n) is 31.6. The monoisotopic (exact) mass is 760 g/mol. The predicted octanol–water partition coefficient (Wildman–Crippen LogP) is 6.11. The molecule has 286 valence electrons. The molecule has 12 heteroatoms. The van der Waals surface area contributed by atoms with Crippen LogP contribution in [0, 0.1) is 5.92 Å². The third-order valence-electron chi connectivity index (χ3n) is 11.1. The summed E-state index contributed by atoms with van der Waals surface area (Å²) in [7, 11) is -1.49. The van der Waals surface area contributed by atoms with Crippen LogP contribution in [-0.2, 0) is 44.2 Å². The molecule has 7 rings (SSSR count). The second-order valence-electron chi connectivity index (χ2n) is 15.1.